The Morgan fingerprint density at radius 2 is 1.08 bits per heavy atom. The number of aryl methyl sites for hydroxylation is 1. The van der Waals surface area contributed by atoms with E-state index in [1.54, 1.807) is 118 Å². The summed E-state index contributed by atoms with van der Waals surface area (Å²) < 4.78 is 105. The van der Waals surface area contributed by atoms with E-state index in [2.05, 4.69) is 48.6 Å². The molecule has 6 aliphatic rings. The number of methoxy groups -OCH3 is 1. The van der Waals surface area contributed by atoms with Crippen LogP contribution in [0.2, 0.25) is 17.3 Å². The summed E-state index contributed by atoms with van der Waals surface area (Å²) >= 11 is 34.3. The molecule has 137 heavy (non-hydrogen) atoms. The molecule has 7 N–H and O–H groups in total. The SMILES string of the molecule is CC1C(c2nn(C(=O)c3ccsc3)c(N(C)Cc3ccc(Cl)s3)c2F)NCCN1S(C)(=O)=O.COc1c(C2CN(C(=O)N3CCCC3)CCC2C)nn(C(=O)c2ccsc2)c1NCc1ccc(Cl)s1.Cc1c(C2CN(S(=O)(=O)N3CCCC3)C2C)nn(C(=O)c2ccsc2)c1NCc1ccc(Cl)s1.Cc1cc(C(=O)n2nc(C3CCNC3)c(F)c2N(C)Cc2ccc(Cl)s2)co1.Nc1ccn[nH]1. The first kappa shape index (κ1) is 102. The Kier molecular flexibility index (Phi) is 33.6. The fraction of sp³-hybridized carbons (Fsp3) is 0.416. The molecule has 48 heteroatoms. The summed E-state index contributed by atoms with van der Waals surface area (Å²) in [5.74, 6) is 0.747. The number of rotatable bonds is 24. The first-order valence-corrected chi connectivity index (χ1v) is 55.0. The zero-order chi connectivity index (χ0) is 97.4. The van der Waals surface area contributed by atoms with Gasteiger partial charge in [0.1, 0.15) is 40.7 Å². The van der Waals surface area contributed by atoms with Crippen LogP contribution in [-0.4, -0.2) is 230 Å². The van der Waals surface area contributed by atoms with Gasteiger partial charge in [0.15, 0.2) is 34.8 Å². The molecule has 0 saturated carbocycles. The Hall–Kier alpha value is -9.30. The average molecular weight is 2130 g/mol. The molecule has 0 spiro atoms. The van der Waals surface area contributed by atoms with Crippen molar-refractivity contribution in [1.82, 2.24) is 82.7 Å². The number of nitrogens with zero attached hydrogens (tertiary/aromatic N) is 16. The van der Waals surface area contributed by atoms with Gasteiger partial charge >= 0.3 is 6.03 Å². The molecule has 6 saturated heterocycles. The fourth-order valence-corrected chi connectivity index (χ4v) is 26.6. The third-order valence-corrected chi connectivity index (χ3v) is 35.0. The average Bonchev–Trinajstić information content (AvgIpc) is 1.68. The van der Waals surface area contributed by atoms with E-state index in [9.17, 15) is 40.8 Å². The summed E-state index contributed by atoms with van der Waals surface area (Å²) in [5, 5.41) is 48.4. The standard InChI is InChI=1S/C25H30ClN5O3S2.C22H26ClN5O3S3.C20H23ClFN5O3S3.C19H20ClFN4O2S.C3H5N3/c1-16-7-11-30(25(33)29-9-3-4-10-29)14-19(16)21-22(34-2)23(27-13-18-5-6-20(26)36-18)31(28-21)24(32)17-8-12-35-15-17;1-14-20(18-12-27(15(18)2)34(30,31)26-8-3-4-9-26)25-28(22(29)16-7-10-32-13-16)21(14)24-11-17-5-6-19(23)33-17;1-12-17(23-7-8-26(12)33(3,29)30)18-16(22)19(25(2)10-14-4-5-15(21)32-14)27(24-18)20(28)13-6-9-31-11-13;1-11-7-13(10-27-11)19(26)25-18(24(2)9-14-3-4-15(20)28-14)16(21)17(23-25)12-5-6-22-8-12;4-3-1-2-5-6-3/h5-6,8,12,15-16,19,27H,3-4,7,9-11,13-14H2,1-2H3;5-7,10,13,15,18,24H,3-4,8-9,11-12H2,1-2H3;4-6,9,11-12,17,23H,7-8,10H2,1-3H3;3-4,7,10,12,22H,5-6,8-9H2,1-2H3;1-2H,(H3,4,5,6). The number of carbonyl (C=O) groups excluding carboxylic acids is 5. The zero-order valence-electron chi connectivity index (χ0n) is 76.2. The van der Waals surface area contributed by atoms with Crippen LogP contribution in [0.1, 0.15) is 178 Å². The number of anilines is 5. The van der Waals surface area contributed by atoms with E-state index in [4.69, 9.17) is 71.5 Å². The van der Waals surface area contributed by atoms with Gasteiger partial charge in [-0.05, 0) is 174 Å². The van der Waals surface area contributed by atoms with E-state index >= 15 is 8.78 Å². The van der Waals surface area contributed by atoms with Crippen molar-refractivity contribution in [3.05, 3.63) is 228 Å². The first-order chi connectivity index (χ1) is 65.6. The van der Waals surface area contributed by atoms with Crippen molar-refractivity contribution in [1.29, 1.82) is 0 Å². The lowest BCUT2D eigenvalue weighted by atomic mass is 9.84. The van der Waals surface area contributed by atoms with Gasteiger partial charge in [0.2, 0.25) is 10.0 Å². The molecule has 33 nitrogen and oxygen atoms in total. The summed E-state index contributed by atoms with van der Waals surface area (Å²) in [6.07, 6.45) is 9.71. The lowest BCUT2D eigenvalue weighted by molar-refractivity contribution is 0.0937. The van der Waals surface area contributed by atoms with Gasteiger partial charge in [-0.3, -0.25) is 24.3 Å². The van der Waals surface area contributed by atoms with Crippen molar-refractivity contribution < 1.29 is 58.7 Å². The third kappa shape index (κ3) is 23.5. The summed E-state index contributed by atoms with van der Waals surface area (Å²) in [4.78, 5) is 77.2. The van der Waals surface area contributed by atoms with Crippen molar-refractivity contribution >= 4 is 205 Å². The van der Waals surface area contributed by atoms with Crippen molar-refractivity contribution in [2.75, 3.05) is 126 Å². The number of urea groups is 1. The van der Waals surface area contributed by atoms with E-state index in [-0.39, 0.29) is 71.4 Å². The highest BCUT2D eigenvalue weighted by Crippen LogP contribution is 2.45. The molecule has 6 aliphatic heterocycles. The molecule has 732 valence electrons. The number of nitrogens with two attached hydrogens (primary N) is 1. The second-order valence-corrected chi connectivity index (χ2v) is 47.2. The van der Waals surface area contributed by atoms with Crippen LogP contribution in [0.15, 0.2) is 128 Å². The van der Waals surface area contributed by atoms with Gasteiger partial charge in [0.05, 0.1) is 97.1 Å². The second kappa shape index (κ2) is 45.1. The van der Waals surface area contributed by atoms with Gasteiger partial charge in [0.25, 0.3) is 33.8 Å². The van der Waals surface area contributed by atoms with Crippen LogP contribution >= 0.6 is 126 Å². The number of nitrogen functional groups attached to an aromatic ring is 1. The molecule has 7 atom stereocenters. The molecule has 13 aromatic heterocycles. The summed E-state index contributed by atoms with van der Waals surface area (Å²) in [6, 6.07) is 22.0. The maximum absolute atomic E-state index is 15.9. The molecule has 19 heterocycles. The second-order valence-electron chi connectivity index (χ2n) is 33.8. The fourth-order valence-electron chi connectivity index (χ4n) is 17.3. The van der Waals surface area contributed by atoms with Crippen molar-refractivity contribution in [2.45, 2.75) is 135 Å². The Labute approximate surface area is 840 Å². The summed E-state index contributed by atoms with van der Waals surface area (Å²) in [7, 11) is -1.93. The minimum atomic E-state index is -3.49. The van der Waals surface area contributed by atoms with Crippen LogP contribution in [-0.2, 0) is 46.4 Å². The number of piperazine rings is 1. The number of hydrogen-bond donors (Lipinski definition) is 6. The molecule has 6 fully saturated rings. The van der Waals surface area contributed by atoms with Gasteiger partial charge < -0.3 is 55.8 Å². The quantitative estimate of drug-likeness (QED) is 0.0327. The van der Waals surface area contributed by atoms with E-state index in [0.717, 1.165) is 111 Å². The lowest BCUT2D eigenvalue weighted by Gasteiger charge is -2.45. The minimum Gasteiger partial charge on any atom is -0.491 e. The molecule has 0 aliphatic carbocycles. The Morgan fingerprint density at radius 3 is 1.55 bits per heavy atom. The van der Waals surface area contributed by atoms with E-state index in [1.807, 2.05) is 76.2 Å². The van der Waals surface area contributed by atoms with Crippen molar-refractivity contribution in [2.24, 2.45) is 5.92 Å². The number of likely N-dealkylation sites (tertiary alicyclic amines) is 2. The molecule has 13 aromatic rings. The maximum Gasteiger partial charge on any atom is 0.320 e. The largest absolute Gasteiger partial charge is 0.491 e. The van der Waals surface area contributed by atoms with Gasteiger partial charge in [-0.15, -0.1) is 45.3 Å². The molecule has 7 unspecified atom stereocenters. The highest BCUT2D eigenvalue weighted by molar-refractivity contribution is 7.88. The number of aromatic amines is 1. The van der Waals surface area contributed by atoms with Crippen LogP contribution < -0.4 is 41.5 Å². The Balaban J connectivity index is 0.000000136. The Bertz CT molecular complexity index is 6570. The highest BCUT2D eigenvalue weighted by Gasteiger charge is 2.49. The maximum atomic E-state index is 15.9. The number of H-pyrrole nitrogens is 1. The predicted octanol–water partition coefficient (Wildman–Crippen LogP) is 17.5. The third-order valence-electron chi connectivity index (χ3n) is 24.6. The smallest absolute Gasteiger partial charge is 0.320 e. The topological polar surface area (TPSA) is 373 Å². The number of ether oxygens (including phenoxy) is 1. The lowest BCUT2D eigenvalue weighted by Crippen LogP contribution is -2.59. The normalized spacial score (nSPS) is 19.2. The number of thiophene rings is 7. The number of piperidine rings is 1. The Morgan fingerprint density at radius 1 is 0.577 bits per heavy atom. The zero-order valence-corrected chi connectivity index (χ0v) is 86.6. The molecule has 2 amide bonds. The number of nitrogens with one attached hydrogen (secondary N) is 5. The van der Waals surface area contributed by atoms with Crippen LogP contribution in [0.5, 0.6) is 5.75 Å². The number of halogens is 6. The molecule has 0 aromatic carbocycles. The number of carbonyl (C=O) groups is 5. The van der Waals surface area contributed by atoms with Crippen LogP contribution in [0.4, 0.5) is 42.7 Å². The van der Waals surface area contributed by atoms with E-state index < -0.39 is 55.8 Å². The molecule has 0 radical (unpaired) electrons. The van der Waals surface area contributed by atoms with Crippen LogP contribution in [0.25, 0.3) is 0 Å². The van der Waals surface area contributed by atoms with Gasteiger partial charge in [-0.2, -0.15) is 99.6 Å². The predicted molar refractivity (Wildman–Crippen MR) is 540 cm³/mol. The van der Waals surface area contributed by atoms with Gasteiger partial charge in [0, 0.05) is 151 Å². The summed E-state index contributed by atoms with van der Waals surface area (Å²) in [6.45, 7) is 17.8. The number of sulfonamides is 1. The van der Waals surface area contributed by atoms with Crippen molar-refractivity contribution in [3.63, 3.8) is 0 Å². The highest BCUT2D eigenvalue weighted by atomic mass is 35.5. The van der Waals surface area contributed by atoms with Gasteiger partial charge in [-0.1, -0.05) is 53.3 Å². The number of amides is 2. The van der Waals surface area contributed by atoms with Crippen LogP contribution in [0, 0.1) is 31.4 Å². The molecular formula is C89H104Cl4F2N22O11S9. The number of hydrogen-bond acceptors (Lipinski definition) is 30. The van der Waals surface area contributed by atoms with E-state index in [0.29, 0.717) is 145 Å². The molecule has 19 rings (SSSR count). The first-order valence-electron chi connectivity index (χ1n) is 44.1. The molecule has 0 bridgehead atoms. The number of furan rings is 1. The van der Waals surface area contributed by atoms with Gasteiger partial charge in [-0.25, -0.2) is 22.0 Å². The minimum absolute atomic E-state index is 0.00508. The number of aromatic nitrogens is 10. The summed E-state index contributed by atoms with van der Waals surface area (Å²) in [5.41, 5.74) is 9.69. The monoisotopic (exact) mass is 2120 g/mol. The van der Waals surface area contributed by atoms with Crippen molar-refractivity contribution in [3.8, 4) is 5.75 Å². The van der Waals surface area contributed by atoms with Crippen LogP contribution in [0.3, 0.4) is 0 Å². The molecular weight excluding hydrogens is 2020 g/mol. The van der Waals surface area contributed by atoms with E-state index in [1.165, 1.54) is 99.3 Å².